The van der Waals surface area contributed by atoms with Crippen molar-refractivity contribution in [1.29, 1.82) is 0 Å². The van der Waals surface area contributed by atoms with Crippen molar-refractivity contribution in [2.75, 3.05) is 20.6 Å². The first kappa shape index (κ1) is 25.7. The zero-order chi connectivity index (χ0) is 23.9. The number of hydrazine groups is 1. The number of benzene rings is 1. The lowest BCUT2D eigenvalue weighted by Crippen LogP contribution is -2.44. The Morgan fingerprint density at radius 2 is 1.81 bits per heavy atom. The molecule has 32 heavy (non-hydrogen) atoms. The summed E-state index contributed by atoms with van der Waals surface area (Å²) in [6, 6.07) is 8.74. The number of hydrogen-bond acceptors (Lipinski definition) is 4. The standard InChI is InChI=1S/C25H35N5.C2H6/c1-8-10-22(28-19(4)26-6)25(5,9-2)23-15-16-27-24-21(17-29(7)30(23)24)20-13-11-18(3)12-14-20;1-2/h11-16H,8-10,17H2,1-7H3;1-2H3. The zero-order valence-corrected chi connectivity index (χ0v) is 21.5. The van der Waals surface area contributed by atoms with Crippen LogP contribution in [-0.2, 0) is 0 Å². The molecule has 0 N–H and O–H groups in total. The van der Waals surface area contributed by atoms with Crippen molar-refractivity contribution in [2.45, 2.75) is 67.7 Å². The Hall–Kier alpha value is -2.53. The van der Waals surface area contributed by atoms with Crippen molar-refractivity contribution in [1.82, 2.24) is 10.0 Å². The Kier molecular flexibility index (Phi) is 9.14. The molecule has 2 heterocycles. The van der Waals surface area contributed by atoms with Gasteiger partial charge in [0.25, 0.3) is 0 Å². The lowest BCUT2D eigenvalue weighted by atomic mass is 9.76. The van der Waals surface area contributed by atoms with Crippen LogP contribution in [0.25, 0.3) is 5.57 Å². The molecule has 0 amide bonds. The Morgan fingerprint density at radius 3 is 2.38 bits per heavy atom. The quantitative estimate of drug-likeness (QED) is 0.377. The molecular weight excluding hydrogens is 394 g/mol. The van der Waals surface area contributed by atoms with Crippen molar-refractivity contribution in [3.63, 3.8) is 0 Å². The van der Waals surface area contributed by atoms with Gasteiger partial charge in [-0.25, -0.2) is 15.0 Å². The van der Waals surface area contributed by atoms with E-state index in [1.54, 1.807) is 7.05 Å². The monoisotopic (exact) mass is 435 g/mol. The first-order chi connectivity index (χ1) is 15.3. The smallest absolute Gasteiger partial charge is 0.152 e. The van der Waals surface area contributed by atoms with Gasteiger partial charge in [0, 0.05) is 43.6 Å². The predicted molar refractivity (Wildman–Crippen MR) is 140 cm³/mol. The number of likely N-dealkylation sites (N-methyl/N-ethyl adjacent to an activating group) is 1. The van der Waals surface area contributed by atoms with Crippen molar-refractivity contribution < 1.29 is 0 Å². The van der Waals surface area contributed by atoms with Crippen LogP contribution in [0.4, 0.5) is 0 Å². The number of aliphatic imine (C=N–C) groups is 3. The largest absolute Gasteiger partial charge is 0.274 e. The minimum atomic E-state index is -0.198. The van der Waals surface area contributed by atoms with E-state index in [2.05, 4.69) is 80.1 Å². The van der Waals surface area contributed by atoms with Gasteiger partial charge in [0.1, 0.15) is 5.84 Å². The van der Waals surface area contributed by atoms with E-state index in [9.17, 15) is 0 Å². The molecule has 1 aromatic rings. The first-order valence-corrected chi connectivity index (χ1v) is 11.9. The second-order valence-electron chi connectivity index (χ2n) is 8.39. The molecule has 0 spiro atoms. The fraction of sp³-hybridized carbons (Fsp3) is 0.519. The molecular formula is C27H41N5. The molecule has 1 atom stereocenters. The van der Waals surface area contributed by atoms with Crippen molar-refractivity contribution in [3.05, 3.63) is 53.0 Å². The summed E-state index contributed by atoms with van der Waals surface area (Å²) in [7, 11) is 3.95. The number of aryl methyl sites for hydroxylation is 1. The van der Waals surface area contributed by atoms with Gasteiger partial charge in [-0.15, -0.1) is 0 Å². The summed E-state index contributed by atoms with van der Waals surface area (Å²) < 4.78 is 0. The fourth-order valence-electron chi connectivity index (χ4n) is 4.20. The minimum absolute atomic E-state index is 0.198. The van der Waals surface area contributed by atoms with Gasteiger partial charge in [0.2, 0.25) is 0 Å². The van der Waals surface area contributed by atoms with Crippen molar-refractivity contribution >= 4 is 23.3 Å². The zero-order valence-electron chi connectivity index (χ0n) is 21.5. The summed E-state index contributed by atoms with van der Waals surface area (Å²) in [5.74, 6) is 1.85. The van der Waals surface area contributed by atoms with Gasteiger partial charge in [0.15, 0.2) is 5.82 Å². The lowest BCUT2D eigenvalue weighted by molar-refractivity contribution is 0.0871. The van der Waals surface area contributed by atoms with Crippen molar-refractivity contribution in [2.24, 2.45) is 20.4 Å². The Morgan fingerprint density at radius 1 is 1.16 bits per heavy atom. The molecule has 3 rings (SSSR count). The van der Waals surface area contributed by atoms with E-state index in [1.807, 2.05) is 27.0 Å². The van der Waals surface area contributed by atoms with Gasteiger partial charge in [-0.3, -0.25) is 10.0 Å². The first-order valence-electron chi connectivity index (χ1n) is 11.9. The fourth-order valence-corrected chi connectivity index (χ4v) is 4.20. The summed E-state index contributed by atoms with van der Waals surface area (Å²) in [6.07, 6.45) is 7.07. The van der Waals surface area contributed by atoms with Crippen LogP contribution in [0.2, 0.25) is 0 Å². The third-order valence-corrected chi connectivity index (χ3v) is 6.27. The molecule has 0 saturated carbocycles. The van der Waals surface area contributed by atoms with E-state index < -0.39 is 0 Å². The molecule has 2 aliphatic rings. The molecule has 1 unspecified atom stereocenters. The van der Waals surface area contributed by atoms with Crippen LogP contribution in [0.15, 0.2) is 56.8 Å². The second-order valence-corrected chi connectivity index (χ2v) is 8.39. The number of amidine groups is 1. The molecule has 5 nitrogen and oxygen atoms in total. The number of nitrogens with zero attached hydrogens (tertiary/aromatic N) is 5. The number of allylic oxidation sites excluding steroid dienone is 2. The molecule has 0 aliphatic carbocycles. The average Bonchev–Trinajstić information content (AvgIpc) is 3.16. The number of rotatable bonds is 6. The van der Waals surface area contributed by atoms with Gasteiger partial charge >= 0.3 is 0 Å². The summed E-state index contributed by atoms with van der Waals surface area (Å²) in [6.45, 7) is 15.7. The SMILES string of the molecule is CC.CCCC(=NC(C)=NC)C(C)(CC)C1=CC=NC2=C(c3ccc(C)cc3)CN(C)N12. The summed E-state index contributed by atoms with van der Waals surface area (Å²) in [4.78, 5) is 14.0. The van der Waals surface area contributed by atoms with E-state index in [4.69, 9.17) is 9.98 Å². The van der Waals surface area contributed by atoms with Gasteiger partial charge in [-0.1, -0.05) is 63.9 Å². The van der Waals surface area contributed by atoms with Crippen LogP contribution in [0.3, 0.4) is 0 Å². The maximum Gasteiger partial charge on any atom is 0.152 e. The average molecular weight is 436 g/mol. The van der Waals surface area contributed by atoms with E-state index in [-0.39, 0.29) is 5.41 Å². The van der Waals surface area contributed by atoms with Gasteiger partial charge < -0.3 is 0 Å². The van der Waals surface area contributed by atoms with Gasteiger partial charge in [0.05, 0.1) is 5.70 Å². The normalized spacial score (nSPS) is 18.8. The molecule has 0 radical (unpaired) electrons. The highest BCUT2D eigenvalue weighted by Gasteiger charge is 2.42. The van der Waals surface area contributed by atoms with Gasteiger partial charge in [-0.2, -0.15) is 0 Å². The van der Waals surface area contributed by atoms with Crippen LogP contribution in [0, 0.1) is 12.3 Å². The molecule has 0 saturated heterocycles. The molecule has 1 aromatic carbocycles. The molecule has 0 fully saturated rings. The van der Waals surface area contributed by atoms with E-state index in [1.165, 1.54) is 28.1 Å². The Balaban J connectivity index is 0.00000176. The van der Waals surface area contributed by atoms with E-state index in [0.29, 0.717) is 0 Å². The highest BCUT2D eigenvalue weighted by atomic mass is 15.7. The summed E-state index contributed by atoms with van der Waals surface area (Å²) in [5, 5.41) is 4.56. The number of hydrogen-bond donors (Lipinski definition) is 0. The number of fused-ring (bicyclic) bond motifs is 1. The van der Waals surface area contributed by atoms with E-state index >= 15 is 0 Å². The third kappa shape index (κ3) is 5.09. The van der Waals surface area contributed by atoms with Crippen LogP contribution < -0.4 is 0 Å². The highest BCUT2D eigenvalue weighted by molar-refractivity contribution is 6.02. The highest BCUT2D eigenvalue weighted by Crippen LogP contribution is 2.44. The topological polar surface area (TPSA) is 43.6 Å². The molecule has 0 bridgehead atoms. The van der Waals surface area contributed by atoms with Gasteiger partial charge in [-0.05, 0) is 45.3 Å². The molecule has 2 aliphatic heterocycles. The van der Waals surface area contributed by atoms with Crippen LogP contribution in [0.5, 0.6) is 0 Å². The van der Waals surface area contributed by atoms with E-state index in [0.717, 1.165) is 37.5 Å². The minimum Gasteiger partial charge on any atom is -0.274 e. The lowest BCUT2D eigenvalue weighted by Gasteiger charge is -2.42. The Bertz CT molecular complexity index is 933. The molecule has 174 valence electrons. The third-order valence-electron chi connectivity index (χ3n) is 6.27. The van der Waals surface area contributed by atoms with Crippen LogP contribution in [0.1, 0.15) is 71.9 Å². The summed E-state index contributed by atoms with van der Waals surface area (Å²) in [5.41, 5.74) is 5.99. The maximum absolute atomic E-state index is 4.95. The van der Waals surface area contributed by atoms with Crippen molar-refractivity contribution in [3.8, 4) is 0 Å². The second kappa shape index (κ2) is 11.4. The molecule has 0 aromatic heterocycles. The maximum atomic E-state index is 4.95. The Labute approximate surface area is 195 Å². The summed E-state index contributed by atoms with van der Waals surface area (Å²) >= 11 is 0. The predicted octanol–water partition coefficient (Wildman–Crippen LogP) is 6.53. The van der Waals surface area contributed by atoms with Crippen LogP contribution in [-0.4, -0.2) is 48.4 Å². The van der Waals surface area contributed by atoms with Crippen LogP contribution >= 0.6 is 0 Å². The molecule has 5 heteroatoms.